The van der Waals surface area contributed by atoms with Crippen molar-refractivity contribution in [2.45, 2.75) is 12.2 Å². The van der Waals surface area contributed by atoms with E-state index >= 15 is 0 Å². The lowest BCUT2D eigenvalue weighted by atomic mass is 9.92. The van der Waals surface area contributed by atoms with Crippen LogP contribution in [-0.4, -0.2) is 25.1 Å². The van der Waals surface area contributed by atoms with Crippen LogP contribution in [0.5, 0.6) is 11.5 Å². The van der Waals surface area contributed by atoms with E-state index in [0.29, 0.717) is 5.75 Å². The van der Waals surface area contributed by atoms with Gasteiger partial charge >= 0.3 is 0 Å². The monoisotopic (exact) mass is 220 g/mol. The van der Waals surface area contributed by atoms with E-state index < -0.39 is 6.10 Å². The minimum Gasteiger partial charge on any atom is -0.454 e. The lowest BCUT2D eigenvalue weighted by Crippen LogP contribution is -2.21. The molecule has 4 nitrogen and oxygen atoms in total. The highest BCUT2D eigenvalue weighted by molar-refractivity contribution is 5.64. The normalized spacial score (nSPS) is 25.6. The Labute approximate surface area is 93.1 Å². The number of aliphatic hydroxyl groups excluding tert-OH is 1. The molecule has 3 rings (SSSR count). The molecule has 2 aliphatic rings. The first-order valence-corrected chi connectivity index (χ1v) is 5.12. The average Bonchev–Trinajstić information content (AvgIpc) is 2.74. The maximum absolute atomic E-state index is 10.1. The fourth-order valence-electron chi connectivity index (χ4n) is 2.06. The van der Waals surface area contributed by atoms with Crippen LogP contribution in [0.4, 0.5) is 0 Å². The van der Waals surface area contributed by atoms with Crippen LogP contribution in [0.3, 0.4) is 0 Å². The molecule has 1 aromatic carbocycles. The van der Waals surface area contributed by atoms with Crippen LogP contribution in [-0.2, 0) is 4.74 Å². The SMILES string of the molecule is CO[C@H]1C=Cc2cc3c(cc2C1O)OCO3. The Balaban J connectivity index is 2.09. The predicted octanol–water partition coefficient (Wildman–Crippen LogP) is 1.49. The summed E-state index contributed by atoms with van der Waals surface area (Å²) >= 11 is 0. The number of hydrogen-bond acceptors (Lipinski definition) is 4. The van der Waals surface area contributed by atoms with Crippen LogP contribution in [0, 0.1) is 0 Å². The Hall–Kier alpha value is -1.52. The fourth-order valence-corrected chi connectivity index (χ4v) is 2.06. The van der Waals surface area contributed by atoms with Crippen LogP contribution < -0.4 is 9.47 Å². The molecule has 1 aliphatic carbocycles. The average molecular weight is 220 g/mol. The first-order chi connectivity index (χ1) is 7.79. The molecule has 1 unspecified atom stereocenters. The van der Waals surface area contributed by atoms with E-state index in [0.717, 1.165) is 16.9 Å². The van der Waals surface area contributed by atoms with Gasteiger partial charge in [-0.3, -0.25) is 0 Å². The summed E-state index contributed by atoms with van der Waals surface area (Å²) in [5.74, 6) is 1.41. The molecule has 0 aromatic heterocycles. The van der Waals surface area contributed by atoms with E-state index in [1.807, 2.05) is 24.3 Å². The first-order valence-electron chi connectivity index (χ1n) is 5.12. The van der Waals surface area contributed by atoms with Gasteiger partial charge in [0, 0.05) is 7.11 Å². The van der Waals surface area contributed by atoms with E-state index in [9.17, 15) is 5.11 Å². The molecule has 84 valence electrons. The Kier molecular flexibility index (Phi) is 2.12. The quantitative estimate of drug-likeness (QED) is 0.779. The van der Waals surface area contributed by atoms with Crippen molar-refractivity contribution in [2.24, 2.45) is 0 Å². The summed E-state index contributed by atoms with van der Waals surface area (Å²) in [5.41, 5.74) is 1.77. The van der Waals surface area contributed by atoms with Gasteiger partial charge in [0.15, 0.2) is 11.5 Å². The first kappa shape index (κ1) is 9.69. The third-order valence-corrected chi connectivity index (χ3v) is 2.95. The molecule has 4 heteroatoms. The Bertz CT molecular complexity index is 453. The van der Waals surface area contributed by atoms with Crippen molar-refractivity contribution in [2.75, 3.05) is 13.9 Å². The maximum atomic E-state index is 10.1. The van der Waals surface area contributed by atoms with Gasteiger partial charge in [-0.25, -0.2) is 0 Å². The topological polar surface area (TPSA) is 47.9 Å². The molecule has 0 amide bonds. The summed E-state index contributed by atoms with van der Waals surface area (Å²) in [6.45, 7) is 0.242. The van der Waals surface area contributed by atoms with Crippen molar-refractivity contribution < 1.29 is 19.3 Å². The van der Waals surface area contributed by atoms with E-state index in [-0.39, 0.29) is 12.9 Å². The summed E-state index contributed by atoms with van der Waals surface area (Å²) < 4.78 is 15.7. The number of benzene rings is 1. The van der Waals surface area contributed by atoms with Gasteiger partial charge in [-0.1, -0.05) is 12.2 Å². The van der Waals surface area contributed by atoms with Crippen molar-refractivity contribution in [3.05, 3.63) is 29.3 Å². The van der Waals surface area contributed by atoms with E-state index in [2.05, 4.69) is 0 Å². The van der Waals surface area contributed by atoms with Gasteiger partial charge < -0.3 is 19.3 Å². The largest absolute Gasteiger partial charge is 0.454 e. The van der Waals surface area contributed by atoms with Gasteiger partial charge in [0.05, 0.1) is 0 Å². The molecule has 2 atom stereocenters. The second kappa shape index (κ2) is 3.50. The molecule has 16 heavy (non-hydrogen) atoms. The van der Waals surface area contributed by atoms with Crippen molar-refractivity contribution in [3.8, 4) is 11.5 Å². The van der Waals surface area contributed by atoms with Crippen LogP contribution in [0.1, 0.15) is 17.2 Å². The van der Waals surface area contributed by atoms with Crippen molar-refractivity contribution in [3.63, 3.8) is 0 Å². The van der Waals surface area contributed by atoms with Crippen molar-refractivity contribution in [1.82, 2.24) is 0 Å². The predicted molar refractivity (Wildman–Crippen MR) is 57.4 cm³/mol. The third kappa shape index (κ3) is 1.31. The maximum Gasteiger partial charge on any atom is 0.231 e. The van der Waals surface area contributed by atoms with Crippen molar-refractivity contribution >= 4 is 6.08 Å². The standard InChI is InChI=1S/C12H12O4/c1-14-9-3-2-7-4-10-11(16-6-15-10)5-8(7)12(9)13/h2-5,9,12-13H,6H2,1H3/t9-,12?/m0/s1. The minimum atomic E-state index is -0.653. The van der Waals surface area contributed by atoms with Gasteiger partial charge in [0.2, 0.25) is 6.79 Å². The number of methoxy groups -OCH3 is 1. The van der Waals surface area contributed by atoms with Gasteiger partial charge in [0.1, 0.15) is 12.2 Å². The molecule has 1 N–H and O–H groups in total. The highest BCUT2D eigenvalue weighted by Crippen LogP contribution is 2.40. The molecule has 0 fully saturated rings. The summed E-state index contributed by atoms with van der Waals surface area (Å²) in [6, 6.07) is 3.70. The second-order valence-electron chi connectivity index (χ2n) is 3.84. The molecule has 1 aromatic rings. The van der Waals surface area contributed by atoms with Gasteiger partial charge in [-0.15, -0.1) is 0 Å². The highest BCUT2D eigenvalue weighted by atomic mass is 16.7. The van der Waals surface area contributed by atoms with E-state index in [1.54, 1.807) is 7.11 Å². The van der Waals surface area contributed by atoms with E-state index in [4.69, 9.17) is 14.2 Å². The Morgan fingerprint density at radius 3 is 2.81 bits per heavy atom. The van der Waals surface area contributed by atoms with Crippen LogP contribution >= 0.6 is 0 Å². The summed E-state index contributed by atoms with van der Waals surface area (Å²) in [4.78, 5) is 0. The summed E-state index contributed by atoms with van der Waals surface area (Å²) in [5, 5.41) is 10.1. The zero-order valence-corrected chi connectivity index (χ0v) is 8.84. The summed E-state index contributed by atoms with van der Waals surface area (Å²) in [6.07, 6.45) is 2.82. The number of ether oxygens (including phenoxy) is 3. The number of fused-ring (bicyclic) bond motifs is 2. The lowest BCUT2D eigenvalue weighted by Gasteiger charge is -2.24. The Morgan fingerprint density at radius 2 is 2.06 bits per heavy atom. The molecular formula is C12H12O4. The fraction of sp³-hybridized carbons (Fsp3) is 0.333. The number of rotatable bonds is 1. The molecule has 0 spiro atoms. The second-order valence-corrected chi connectivity index (χ2v) is 3.84. The molecule has 0 radical (unpaired) electrons. The van der Waals surface area contributed by atoms with Gasteiger partial charge in [-0.2, -0.15) is 0 Å². The summed E-state index contributed by atoms with van der Waals surface area (Å²) in [7, 11) is 1.58. The molecule has 1 aliphatic heterocycles. The van der Waals surface area contributed by atoms with Crippen LogP contribution in [0.15, 0.2) is 18.2 Å². The lowest BCUT2D eigenvalue weighted by molar-refractivity contribution is 0.0149. The van der Waals surface area contributed by atoms with Crippen LogP contribution in [0.25, 0.3) is 6.08 Å². The van der Waals surface area contributed by atoms with E-state index in [1.165, 1.54) is 0 Å². The zero-order chi connectivity index (χ0) is 11.1. The molecule has 0 saturated carbocycles. The molecular weight excluding hydrogens is 208 g/mol. The molecule has 0 bridgehead atoms. The minimum absolute atomic E-state index is 0.242. The number of hydrogen-bond donors (Lipinski definition) is 1. The Morgan fingerprint density at radius 1 is 1.31 bits per heavy atom. The highest BCUT2D eigenvalue weighted by Gasteiger charge is 2.27. The molecule has 1 heterocycles. The van der Waals surface area contributed by atoms with Crippen LogP contribution in [0.2, 0.25) is 0 Å². The molecule has 0 saturated heterocycles. The zero-order valence-electron chi connectivity index (χ0n) is 8.84. The van der Waals surface area contributed by atoms with Gasteiger partial charge in [0.25, 0.3) is 0 Å². The smallest absolute Gasteiger partial charge is 0.231 e. The third-order valence-electron chi connectivity index (χ3n) is 2.95. The van der Waals surface area contributed by atoms with Gasteiger partial charge in [-0.05, 0) is 23.3 Å². The van der Waals surface area contributed by atoms with Crippen molar-refractivity contribution in [1.29, 1.82) is 0 Å². The number of aliphatic hydroxyl groups is 1.